The fourth-order valence-electron chi connectivity index (χ4n) is 1.25. The molecule has 4 nitrogen and oxygen atoms in total. The van der Waals surface area contributed by atoms with Gasteiger partial charge in [0.1, 0.15) is 0 Å². The fourth-order valence-corrected chi connectivity index (χ4v) is 1.25. The molecule has 0 radical (unpaired) electrons. The predicted molar refractivity (Wildman–Crippen MR) is 36.9 cm³/mol. The highest BCUT2D eigenvalue weighted by Gasteiger charge is 2.49. The van der Waals surface area contributed by atoms with Crippen LogP contribution >= 0.6 is 0 Å². The smallest absolute Gasteiger partial charge is 0.343 e. The summed E-state index contributed by atoms with van der Waals surface area (Å²) in [5.41, 5.74) is 3.05. The SMILES string of the molecule is NCC1CNCC1(F)C(=O)O. The van der Waals surface area contributed by atoms with Gasteiger partial charge in [-0.25, -0.2) is 9.18 Å². The van der Waals surface area contributed by atoms with Crippen molar-refractivity contribution in [1.82, 2.24) is 5.32 Å². The minimum Gasteiger partial charge on any atom is -0.479 e. The summed E-state index contributed by atoms with van der Waals surface area (Å²) in [5, 5.41) is 11.2. The molecule has 5 heteroatoms. The number of alkyl halides is 1. The van der Waals surface area contributed by atoms with Crippen molar-refractivity contribution in [3.8, 4) is 0 Å². The van der Waals surface area contributed by atoms with Crippen molar-refractivity contribution in [2.24, 2.45) is 11.7 Å². The molecule has 0 spiro atoms. The van der Waals surface area contributed by atoms with Gasteiger partial charge in [0.2, 0.25) is 5.67 Å². The Morgan fingerprint density at radius 1 is 1.91 bits per heavy atom. The van der Waals surface area contributed by atoms with Gasteiger partial charge in [0.05, 0.1) is 0 Å². The first-order valence-corrected chi connectivity index (χ1v) is 3.44. The lowest BCUT2D eigenvalue weighted by Gasteiger charge is -2.19. The third kappa shape index (κ3) is 1.21. The molecule has 4 N–H and O–H groups in total. The Morgan fingerprint density at radius 3 is 2.91 bits per heavy atom. The lowest BCUT2D eigenvalue weighted by Crippen LogP contribution is -2.44. The van der Waals surface area contributed by atoms with E-state index in [-0.39, 0.29) is 13.1 Å². The molecule has 0 aromatic carbocycles. The van der Waals surface area contributed by atoms with Crippen LogP contribution in [-0.4, -0.2) is 36.4 Å². The second kappa shape index (κ2) is 2.75. The van der Waals surface area contributed by atoms with Gasteiger partial charge in [-0.2, -0.15) is 0 Å². The van der Waals surface area contributed by atoms with E-state index >= 15 is 0 Å². The molecular weight excluding hydrogens is 151 g/mol. The topological polar surface area (TPSA) is 75.3 Å². The number of nitrogens with one attached hydrogen (secondary N) is 1. The molecule has 11 heavy (non-hydrogen) atoms. The second-order valence-electron chi connectivity index (χ2n) is 2.73. The maximum absolute atomic E-state index is 13.4. The summed E-state index contributed by atoms with van der Waals surface area (Å²) in [6.07, 6.45) is 0. The minimum absolute atomic E-state index is 0.0653. The molecule has 0 aromatic rings. The van der Waals surface area contributed by atoms with Crippen molar-refractivity contribution in [3.05, 3.63) is 0 Å². The van der Waals surface area contributed by atoms with Gasteiger partial charge in [-0.1, -0.05) is 0 Å². The third-order valence-corrected chi connectivity index (χ3v) is 2.06. The lowest BCUT2D eigenvalue weighted by atomic mass is 9.93. The molecule has 1 saturated heterocycles. The average molecular weight is 162 g/mol. The summed E-state index contributed by atoms with van der Waals surface area (Å²) in [5.74, 6) is -2.02. The first kappa shape index (κ1) is 8.42. The summed E-state index contributed by atoms with van der Waals surface area (Å²) >= 11 is 0. The molecule has 1 rings (SSSR count). The van der Waals surface area contributed by atoms with Gasteiger partial charge in [-0.3, -0.25) is 0 Å². The molecular formula is C6H11FN2O2. The molecule has 1 aliphatic rings. The number of rotatable bonds is 2. The standard InChI is InChI=1S/C6H11FN2O2/c7-6(5(10)11)3-9-2-4(6)1-8/h4,9H,1-3,8H2,(H,10,11). The normalized spacial score (nSPS) is 37.5. The molecule has 2 atom stereocenters. The van der Waals surface area contributed by atoms with Gasteiger partial charge < -0.3 is 16.2 Å². The molecule has 1 fully saturated rings. The predicted octanol–water partition coefficient (Wildman–Crippen LogP) is -1.04. The van der Waals surface area contributed by atoms with E-state index in [0.717, 1.165) is 0 Å². The Balaban J connectivity index is 2.75. The molecule has 64 valence electrons. The minimum atomic E-state index is -2.16. The molecule has 2 unspecified atom stereocenters. The number of carboxylic acids is 1. The summed E-state index contributed by atoms with van der Waals surface area (Å²) in [4.78, 5) is 10.4. The first-order chi connectivity index (χ1) is 5.11. The van der Waals surface area contributed by atoms with Gasteiger partial charge in [0.15, 0.2) is 0 Å². The van der Waals surface area contributed by atoms with Crippen molar-refractivity contribution >= 4 is 5.97 Å². The van der Waals surface area contributed by atoms with E-state index < -0.39 is 17.6 Å². The van der Waals surface area contributed by atoms with Crippen molar-refractivity contribution in [2.75, 3.05) is 19.6 Å². The molecule has 0 saturated carbocycles. The molecule has 0 amide bonds. The highest BCUT2D eigenvalue weighted by molar-refractivity contribution is 5.78. The number of carbonyl (C=O) groups is 1. The molecule has 0 aromatic heterocycles. The zero-order chi connectivity index (χ0) is 8.48. The summed E-state index contributed by atoms with van der Waals surface area (Å²) in [6.45, 7) is 0.277. The largest absolute Gasteiger partial charge is 0.479 e. The van der Waals surface area contributed by atoms with Crippen LogP contribution in [0.25, 0.3) is 0 Å². The van der Waals surface area contributed by atoms with E-state index in [1.165, 1.54) is 0 Å². The van der Waals surface area contributed by atoms with Crippen LogP contribution in [0.2, 0.25) is 0 Å². The van der Waals surface area contributed by atoms with Crippen molar-refractivity contribution in [1.29, 1.82) is 0 Å². The third-order valence-electron chi connectivity index (χ3n) is 2.06. The highest BCUT2D eigenvalue weighted by Crippen LogP contribution is 2.25. The van der Waals surface area contributed by atoms with Gasteiger partial charge in [-0.15, -0.1) is 0 Å². The Labute approximate surface area is 63.6 Å². The van der Waals surface area contributed by atoms with Gasteiger partial charge in [-0.05, 0) is 0 Å². The quantitative estimate of drug-likeness (QED) is 0.484. The van der Waals surface area contributed by atoms with Crippen molar-refractivity contribution in [2.45, 2.75) is 5.67 Å². The lowest BCUT2D eigenvalue weighted by molar-refractivity contribution is -0.152. The second-order valence-corrected chi connectivity index (χ2v) is 2.73. The highest BCUT2D eigenvalue weighted by atomic mass is 19.1. The number of hydrogen-bond acceptors (Lipinski definition) is 3. The van der Waals surface area contributed by atoms with Gasteiger partial charge in [0, 0.05) is 25.6 Å². The van der Waals surface area contributed by atoms with E-state index in [2.05, 4.69) is 5.32 Å². The van der Waals surface area contributed by atoms with Crippen LogP contribution in [0.1, 0.15) is 0 Å². The first-order valence-electron chi connectivity index (χ1n) is 3.44. The zero-order valence-electron chi connectivity index (χ0n) is 6.01. The average Bonchev–Trinajstić information content (AvgIpc) is 2.32. The van der Waals surface area contributed by atoms with Crippen LogP contribution in [0, 0.1) is 5.92 Å². The molecule has 1 heterocycles. The van der Waals surface area contributed by atoms with Crippen LogP contribution < -0.4 is 11.1 Å². The fraction of sp³-hybridized carbons (Fsp3) is 0.833. The maximum Gasteiger partial charge on any atom is 0.343 e. The van der Waals surface area contributed by atoms with Crippen molar-refractivity contribution < 1.29 is 14.3 Å². The van der Waals surface area contributed by atoms with E-state index in [9.17, 15) is 9.18 Å². The number of halogens is 1. The summed E-state index contributed by atoms with van der Waals surface area (Å²) < 4.78 is 13.4. The Morgan fingerprint density at radius 2 is 2.55 bits per heavy atom. The Bertz CT molecular complexity index is 176. The summed E-state index contributed by atoms with van der Waals surface area (Å²) in [7, 11) is 0. The van der Waals surface area contributed by atoms with Crippen LogP contribution in [0.5, 0.6) is 0 Å². The molecule has 0 bridgehead atoms. The summed E-state index contributed by atoms with van der Waals surface area (Å²) in [6, 6.07) is 0. The van der Waals surface area contributed by atoms with E-state index in [4.69, 9.17) is 10.8 Å². The number of hydrogen-bond donors (Lipinski definition) is 3. The van der Waals surface area contributed by atoms with Gasteiger partial charge >= 0.3 is 5.97 Å². The van der Waals surface area contributed by atoms with Crippen LogP contribution in [0.4, 0.5) is 4.39 Å². The molecule has 0 aliphatic carbocycles. The van der Waals surface area contributed by atoms with E-state index in [0.29, 0.717) is 6.54 Å². The monoisotopic (exact) mass is 162 g/mol. The van der Waals surface area contributed by atoms with Gasteiger partial charge in [0.25, 0.3) is 0 Å². The van der Waals surface area contributed by atoms with Crippen LogP contribution in [-0.2, 0) is 4.79 Å². The van der Waals surface area contributed by atoms with E-state index in [1.54, 1.807) is 0 Å². The number of carboxylic acid groups (broad SMARTS) is 1. The number of aliphatic carboxylic acids is 1. The van der Waals surface area contributed by atoms with Crippen LogP contribution in [0.3, 0.4) is 0 Å². The Kier molecular flexibility index (Phi) is 2.10. The van der Waals surface area contributed by atoms with E-state index in [1.807, 2.05) is 0 Å². The van der Waals surface area contributed by atoms with Crippen LogP contribution in [0.15, 0.2) is 0 Å². The maximum atomic E-state index is 13.4. The Hall–Kier alpha value is -0.680. The number of nitrogens with two attached hydrogens (primary N) is 1. The molecule has 1 aliphatic heterocycles. The van der Waals surface area contributed by atoms with Crippen molar-refractivity contribution in [3.63, 3.8) is 0 Å². The zero-order valence-corrected chi connectivity index (χ0v) is 6.01.